The van der Waals surface area contributed by atoms with Gasteiger partial charge in [0.1, 0.15) is 5.75 Å². The lowest BCUT2D eigenvalue weighted by molar-refractivity contribution is -0.0453. The molecule has 2 aromatic rings. The van der Waals surface area contributed by atoms with E-state index >= 15 is 0 Å². The Morgan fingerprint density at radius 2 is 2.07 bits per heavy atom. The van der Waals surface area contributed by atoms with Gasteiger partial charge in [0, 0.05) is 10.9 Å². The Morgan fingerprint density at radius 1 is 1.33 bits per heavy atom. The molecule has 1 aromatic carbocycles. The molecular formula is C10H9NO4. The lowest BCUT2D eigenvalue weighted by atomic mass is 10.1. The molecule has 0 saturated carbocycles. The van der Waals surface area contributed by atoms with Crippen LogP contribution in [0.3, 0.4) is 0 Å². The Hall–Kier alpha value is -1.85. The highest BCUT2D eigenvalue weighted by atomic mass is 16.5. The fourth-order valence-corrected chi connectivity index (χ4v) is 1.50. The molecule has 0 spiro atoms. The van der Waals surface area contributed by atoms with Crippen molar-refractivity contribution in [3.05, 3.63) is 29.5 Å². The number of nitrogens with one attached hydrogen (secondary N) is 1. The molecule has 0 bridgehead atoms. The molecule has 0 aliphatic rings. The highest BCUT2D eigenvalue weighted by molar-refractivity contribution is 6.00. The topological polar surface area (TPSA) is 93.5 Å². The number of phenols is 1. The van der Waals surface area contributed by atoms with E-state index in [2.05, 4.69) is 4.98 Å². The Labute approximate surface area is 84.6 Å². The normalized spacial score (nSPS) is 11.1. The number of aldehydes is 1. The van der Waals surface area contributed by atoms with Gasteiger partial charge in [-0.05, 0) is 18.2 Å². The molecule has 0 saturated heterocycles. The monoisotopic (exact) mass is 207 g/mol. The highest BCUT2D eigenvalue weighted by Crippen LogP contribution is 2.27. The summed E-state index contributed by atoms with van der Waals surface area (Å²) < 4.78 is 0. The maximum Gasteiger partial charge on any atom is 0.193 e. The van der Waals surface area contributed by atoms with E-state index in [1.165, 1.54) is 12.1 Å². The predicted molar refractivity (Wildman–Crippen MR) is 52.5 cm³/mol. The molecule has 0 amide bonds. The van der Waals surface area contributed by atoms with Crippen LogP contribution >= 0.6 is 0 Å². The lowest BCUT2D eigenvalue weighted by Crippen LogP contribution is -1.93. The van der Waals surface area contributed by atoms with Gasteiger partial charge < -0.3 is 20.3 Å². The summed E-state index contributed by atoms with van der Waals surface area (Å²) in [7, 11) is 0. The average molecular weight is 207 g/mol. The number of aromatic amines is 1. The van der Waals surface area contributed by atoms with Gasteiger partial charge in [0.2, 0.25) is 0 Å². The molecule has 0 aliphatic carbocycles. The number of rotatable bonds is 2. The number of hydrogen-bond donors (Lipinski definition) is 4. The van der Waals surface area contributed by atoms with E-state index in [1.54, 1.807) is 6.07 Å². The quantitative estimate of drug-likeness (QED) is 0.430. The number of aliphatic hydroxyl groups excluding tert-OH is 1. The second-order valence-electron chi connectivity index (χ2n) is 3.18. The van der Waals surface area contributed by atoms with Gasteiger partial charge in [0.15, 0.2) is 12.6 Å². The molecule has 5 nitrogen and oxygen atoms in total. The van der Waals surface area contributed by atoms with Crippen molar-refractivity contribution in [2.75, 3.05) is 0 Å². The van der Waals surface area contributed by atoms with Crippen LogP contribution in [-0.4, -0.2) is 26.6 Å². The largest absolute Gasteiger partial charge is 0.507 e. The first-order valence-corrected chi connectivity index (χ1v) is 4.29. The Bertz CT molecular complexity index is 515. The second-order valence-corrected chi connectivity index (χ2v) is 3.18. The molecule has 0 unspecified atom stereocenters. The van der Waals surface area contributed by atoms with Crippen molar-refractivity contribution in [3.8, 4) is 5.75 Å². The number of hydrogen-bond acceptors (Lipinski definition) is 4. The smallest absolute Gasteiger partial charge is 0.193 e. The van der Waals surface area contributed by atoms with Crippen LogP contribution in [0.5, 0.6) is 5.75 Å². The summed E-state index contributed by atoms with van der Waals surface area (Å²) in [5, 5.41) is 27.7. The Morgan fingerprint density at radius 3 is 2.67 bits per heavy atom. The van der Waals surface area contributed by atoms with Gasteiger partial charge in [-0.2, -0.15) is 0 Å². The molecule has 0 radical (unpaired) electrons. The summed E-state index contributed by atoms with van der Waals surface area (Å²) in [6.07, 6.45) is -1.10. The van der Waals surface area contributed by atoms with Crippen LogP contribution in [0.2, 0.25) is 0 Å². The van der Waals surface area contributed by atoms with Crippen LogP contribution in [-0.2, 0) is 0 Å². The number of aromatic nitrogens is 1. The van der Waals surface area contributed by atoms with E-state index in [9.17, 15) is 9.90 Å². The molecule has 0 fully saturated rings. The van der Waals surface area contributed by atoms with E-state index < -0.39 is 6.29 Å². The SMILES string of the molecule is O=Cc1c(O)ccc2[nH]c(C(O)O)cc12. The molecular weight excluding hydrogens is 198 g/mol. The number of aromatic hydroxyl groups is 1. The van der Waals surface area contributed by atoms with Gasteiger partial charge in [-0.3, -0.25) is 4.79 Å². The van der Waals surface area contributed by atoms with Crippen molar-refractivity contribution in [1.82, 2.24) is 4.98 Å². The van der Waals surface area contributed by atoms with Crippen LogP contribution in [0.1, 0.15) is 22.3 Å². The number of benzene rings is 1. The minimum absolute atomic E-state index is 0.129. The minimum Gasteiger partial charge on any atom is -0.507 e. The summed E-state index contributed by atoms with van der Waals surface area (Å²) in [5.41, 5.74) is 0.882. The van der Waals surface area contributed by atoms with Crippen molar-refractivity contribution in [1.29, 1.82) is 0 Å². The van der Waals surface area contributed by atoms with Crippen LogP contribution in [0, 0.1) is 0 Å². The third-order valence-corrected chi connectivity index (χ3v) is 2.24. The van der Waals surface area contributed by atoms with Crippen molar-refractivity contribution in [3.63, 3.8) is 0 Å². The molecule has 1 aromatic heterocycles. The van der Waals surface area contributed by atoms with Crippen molar-refractivity contribution >= 4 is 17.2 Å². The van der Waals surface area contributed by atoms with E-state index in [-0.39, 0.29) is 17.0 Å². The first kappa shape index (κ1) is 9.70. The minimum atomic E-state index is -1.63. The van der Waals surface area contributed by atoms with E-state index in [0.29, 0.717) is 17.2 Å². The predicted octanol–water partition coefficient (Wildman–Crippen LogP) is 0.669. The zero-order valence-electron chi connectivity index (χ0n) is 7.64. The fourth-order valence-electron chi connectivity index (χ4n) is 1.50. The van der Waals surface area contributed by atoms with E-state index in [4.69, 9.17) is 10.2 Å². The highest BCUT2D eigenvalue weighted by Gasteiger charge is 2.12. The third-order valence-electron chi connectivity index (χ3n) is 2.24. The number of phenolic OH excluding ortho intramolecular Hbond substituents is 1. The van der Waals surface area contributed by atoms with Crippen LogP contribution < -0.4 is 0 Å². The van der Waals surface area contributed by atoms with Crippen molar-refractivity contribution < 1.29 is 20.1 Å². The molecule has 78 valence electrons. The molecule has 1 heterocycles. The molecule has 0 atom stereocenters. The van der Waals surface area contributed by atoms with Crippen molar-refractivity contribution in [2.24, 2.45) is 0 Å². The summed E-state index contributed by atoms with van der Waals surface area (Å²) >= 11 is 0. The van der Waals surface area contributed by atoms with Gasteiger partial charge in [-0.15, -0.1) is 0 Å². The molecule has 4 N–H and O–H groups in total. The van der Waals surface area contributed by atoms with E-state index in [0.717, 1.165) is 0 Å². The van der Waals surface area contributed by atoms with E-state index in [1.807, 2.05) is 0 Å². The maximum absolute atomic E-state index is 10.7. The molecule has 5 heteroatoms. The summed E-state index contributed by atoms with van der Waals surface area (Å²) in [5.74, 6) is -0.129. The van der Waals surface area contributed by atoms with Crippen LogP contribution in [0.15, 0.2) is 18.2 Å². The van der Waals surface area contributed by atoms with Gasteiger partial charge in [-0.25, -0.2) is 0 Å². The zero-order chi connectivity index (χ0) is 11.0. The third kappa shape index (κ3) is 1.47. The number of H-pyrrole nitrogens is 1. The summed E-state index contributed by atoms with van der Waals surface area (Å²) in [4.78, 5) is 13.4. The summed E-state index contributed by atoms with van der Waals surface area (Å²) in [6.45, 7) is 0. The van der Waals surface area contributed by atoms with Gasteiger partial charge in [0.05, 0.1) is 11.3 Å². The van der Waals surface area contributed by atoms with Crippen LogP contribution in [0.4, 0.5) is 0 Å². The molecule has 2 rings (SSSR count). The molecule has 15 heavy (non-hydrogen) atoms. The van der Waals surface area contributed by atoms with Gasteiger partial charge in [0.25, 0.3) is 0 Å². The maximum atomic E-state index is 10.7. The fraction of sp³-hybridized carbons (Fsp3) is 0.100. The number of carbonyl (C=O) groups excluding carboxylic acids is 1. The standard InChI is InChI=1S/C10H9NO4/c12-4-6-5-3-8(10(14)15)11-7(5)1-2-9(6)13/h1-4,10-11,13-15H. The van der Waals surface area contributed by atoms with Crippen LogP contribution in [0.25, 0.3) is 10.9 Å². The second kappa shape index (κ2) is 3.38. The van der Waals surface area contributed by atoms with Crippen molar-refractivity contribution in [2.45, 2.75) is 6.29 Å². The Kier molecular flexibility index (Phi) is 2.18. The average Bonchev–Trinajstić information content (AvgIpc) is 2.61. The summed E-state index contributed by atoms with van der Waals surface area (Å²) in [6, 6.07) is 4.35. The first-order valence-electron chi connectivity index (χ1n) is 4.29. The Balaban J connectivity index is 2.75. The first-order chi connectivity index (χ1) is 7.13. The number of carbonyl (C=O) groups is 1. The lowest BCUT2D eigenvalue weighted by Gasteiger charge is -1.97. The zero-order valence-corrected chi connectivity index (χ0v) is 7.64. The number of aliphatic hydroxyl groups is 2. The van der Waals surface area contributed by atoms with Gasteiger partial charge >= 0.3 is 0 Å². The molecule has 0 aliphatic heterocycles. The van der Waals surface area contributed by atoms with Gasteiger partial charge in [-0.1, -0.05) is 0 Å². The number of fused-ring (bicyclic) bond motifs is 1.